The third-order valence-corrected chi connectivity index (χ3v) is 3.00. The number of anilines is 1. The highest BCUT2D eigenvalue weighted by molar-refractivity contribution is 9.10. The van der Waals surface area contributed by atoms with Crippen molar-refractivity contribution >= 4 is 39.2 Å². The van der Waals surface area contributed by atoms with Crippen LogP contribution in [0.2, 0.25) is 5.02 Å². The van der Waals surface area contributed by atoms with Crippen LogP contribution in [-0.4, -0.2) is 14.9 Å². The second-order valence-electron chi connectivity index (χ2n) is 3.47. The molecule has 104 valence electrons. The van der Waals surface area contributed by atoms with Gasteiger partial charge in [0.05, 0.1) is 15.6 Å². The van der Waals surface area contributed by atoms with Crippen LogP contribution in [0.1, 0.15) is 0 Å². The first-order valence-electron chi connectivity index (χ1n) is 4.98. The van der Waals surface area contributed by atoms with Crippen molar-refractivity contribution in [1.29, 1.82) is 0 Å². The van der Waals surface area contributed by atoms with Crippen molar-refractivity contribution in [2.75, 3.05) is 5.73 Å². The van der Waals surface area contributed by atoms with Gasteiger partial charge in [-0.15, -0.1) is 0 Å². The minimum absolute atomic E-state index is 0.0168. The third-order valence-electron chi connectivity index (χ3n) is 2.14. The first kappa shape index (κ1) is 14.4. The minimum atomic E-state index is -0.733. The smallest absolute Gasteiger partial charge is 0.312 e. The van der Waals surface area contributed by atoms with Gasteiger partial charge in [-0.1, -0.05) is 11.6 Å². The minimum Gasteiger partial charge on any atom is -0.430 e. The van der Waals surface area contributed by atoms with Crippen LogP contribution in [0.25, 0.3) is 0 Å². The fourth-order valence-electron chi connectivity index (χ4n) is 1.28. The van der Waals surface area contributed by atoms with E-state index >= 15 is 0 Å². The highest BCUT2D eigenvalue weighted by Crippen LogP contribution is 2.36. The molecule has 0 saturated heterocycles. The lowest BCUT2D eigenvalue weighted by Gasteiger charge is -2.07. The van der Waals surface area contributed by atoms with E-state index in [1.165, 1.54) is 6.20 Å². The predicted molar refractivity (Wildman–Crippen MR) is 72.3 cm³/mol. The fourth-order valence-corrected chi connectivity index (χ4v) is 1.74. The van der Waals surface area contributed by atoms with Crippen LogP contribution in [0.15, 0.2) is 22.8 Å². The number of rotatable bonds is 3. The van der Waals surface area contributed by atoms with Gasteiger partial charge in [-0.25, -0.2) is 9.37 Å². The zero-order valence-electron chi connectivity index (χ0n) is 9.51. The summed E-state index contributed by atoms with van der Waals surface area (Å²) >= 11 is 8.62. The molecule has 0 bridgehead atoms. The summed E-state index contributed by atoms with van der Waals surface area (Å²) in [5.74, 6) is -1.42. The maximum atomic E-state index is 13.5. The molecule has 2 aromatic rings. The molecule has 2 N–H and O–H groups in total. The summed E-state index contributed by atoms with van der Waals surface area (Å²) in [6.07, 6.45) is 1.17. The van der Waals surface area contributed by atoms with E-state index in [0.29, 0.717) is 0 Å². The van der Waals surface area contributed by atoms with E-state index in [2.05, 4.69) is 25.9 Å². The van der Waals surface area contributed by atoms with Gasteiger partial charge >= 0.3 is 5.69 Å². The number of hydrogen-bond donors (Lipinski definition) is 1. The van der Waals surface area contributed by atoms with Gasteiger partial charge < -0.3 is 10.5 Å². The lowest BCUT2D eigenvalue weighted by molar-refractivity contribution is -0.385. The largest absolute Gasteiger partial charge is 0.430 e. The summed E-state index contributed by atoms with van der Waals surface area (Å²) in [5, 5.41) is 10.9. The molecule has 0 aliphatic carbocycles. The lowest BCUT2D eigenvalue weighted by atomic mass is 10.3. The van der Waals surface area contributed by atoms with Crippen molar-refractivity contribution in [3.8, 4) is 11.6 Å². The molecule has 0 fully saturated rings. The molecule has 0 amide bonds. The molecule has 20 heavy (non-hydrogen) atoms. The zero-order chi connectivity index (χ0) is 14.9. The van der Waals surface area contributed by atoms with E-state index in [0.717, 1.165) is 12.1 Å². The van der Waals surface area contributed by atoms with Gasteiger partial charge in [0.2, 0.25) is 17.6 Å². The molecule has 1 heterocycles. The first-order valence-corrected chi connectivity index (χ1v) is 6.15. The number of aromatic nitrogens is 2. The zero-order valence-corrected chi connectivity index (χ0v) is 11.9. The normalized spacial score (nSPS) is 10.3. The van der Waals surface area contributed by atoms with Gasteiger partial charge in [0.15, 0.2) is 0 Å². The Hall–Kier alpha value is -2.00. The molecule has 0 aliphatic rings. The average Bonchev–Trinajstić information content (AvgIpc) is 2.37. The van der Waals surface area contributed by atoms with Gasteiger partial charge in [-0.05, 0) is 15.9 Å². The molecule has 0 aliphatic heterocycles. The van der Waals surface area contributed by atoms with Crippen molar-refractivity contribution in [2.24, 2.45) is 0 Å². The molecule has 2 rings (SSSR count). The Labute approximate surface area is 124 Å². The Balaban J connectivity index is 2.50. The van der Waals surface area contributed by atoms with E-state index in [-0.39, 0.29) is 27.1 Å². The van der Waals surface area contributed by atoms with Crippen LogP contribution in [-0.2, 0) is 0 Å². The van der Waals surface area contributed by atoms with E-state index < -0.39 is 16.4 Å². The maximum absolute atomic E-state index is 13.5. The van der Waals surface area contributed by atoms with Crippen molar-refractivity contribution in [2.45, 2.75) is 0 Å². The standard InChI is InChI=1S/C10H5BrClFN4O3/c11-4-1-7(17(18)19)8(2-6(4)13)20-9-5(12)3-15-10(14)16-9/h1-3H,(H2,14,15,16). The molecule has 10 heteroatoms. The summed E-state index contributed by atoms with van der Waals surface area (Å²) < 4.78 is 18.6. The summed E-state index contributed by atoms with van der Waals surface area (Å²) in [5.41, 5.74) is 4.90. The number of nitrogens with zero attached hydrogens (tertiary/aromatic N) is 3. The molecule has 1 aromatic carbocycles. The van der Waals surface area contributed by atoms with Crippen LogP contribution in [0, 0.1) is 15.9 Å². The predicted octanol–water partition coefficient (Wildman–Crippen LogP) is 3.31. The molecule has 0 radical (unpaired) electrons. The number of benzene rings is 1. The fraction of sp³-hybridized carbons (Fsp3) is 0. The summed E-state index contributed by atoms with van der Waals surface area (Å²) in [7, 11) is 0. The highest BCUT2D eigenvalue weighted by Gasteiger charge is 2.21. The van der Waals surface area contributed by atoms with E-state index in [4.69, 9.17) is 22.1 Å². The number of nitro groups is 1. The number of halogens is 3. The molecular formula is C10H5BrClFN4O3. The van der Waals surface area contributed by atoms with Crippen LogP contribution in [0.5, 0.6) is 11.6 Å². The Bertz CT molecular complexity index is 700. The van der Waals surface area contributed by atoms with E-state index in [9.17, 15) is 14.5 Å². The maximum Gasteiger partial charge on any atom is 0.312 e. The van der Waals surface area contributed by atoms with Crippen molar-refractivity contribution in [1.82, 2.24) is 9.97 Å². The Kier molecular flexibility index (Phi) is 4.00. The van der Waals surface area contributed by atoms with Crippen molar-refractivity contribution in [3.63, 3.8) is 0 Å². The van der Waals surface area contributed by atoms with Gasteiger partial charge in [0, 0.05) is 12.1 Å². The monoisotopic (exact) mass is 362 g/mol. The molecule has 0 atom stereocenters. The third kappa shape index (κ3) is 2.94. The SMILES string of the molecule is Nc1ncc(Cl)c(Oc2cc(F)c(Br)cc2[N+](=O)[O-])n1. The van der Waals surface area contributed by atoms with Gasteiger partial charge in [-0.3, -0.25) is 10.1 Å². The van der Waals surface area contributed by atoms with E-state index in [1.807, 2.05) is 0 Å². The highest BCUT2D eigenvalue weighted by atomic mass is 79.9. The van der Waals surface area contributed by atoms with Gasteiger partial charge in [0.1, 0.15) is 10.8 Å². The number of ether oxygens (including phenoxy) is 1. The number of nitro benzene ring substituents is 1. The number of nitrogens with two attached hydrogens (primary N) is 1. The van der Waals surface area contributed by atoms with Gasteiger partial charge in [0.25, 0.3) is 0 Å². The molecule has 7 nitrogen and oxygen atoms in total. The Morgan fingerprint density at radius 2 is 2.20 bits per heavy atom. The second kappa shape index (κ2) is 5.55. The average molecular weight is 364 g/mol. The van der Waals surface area contributed by atoms with E-state index in [1.54, 1.807) is 0 Å². The number of hydrogen-bond acceptors (Lipinski definition) is 6. The summed E-state index contributed by atoms with van der Waals surface area (Å²) in [6, 6.07) is 1.82. The first-order chi connectivity index (χ1) is 9.38. The van der Waals surface area contributed by atoms with Crippen molar-refractivity contribution < 1.29 is 14.1 Å². The van der Waals surface area contributed by atoms with Crippen LogP contribution in [0.4, 0.5) is 16.0 Å². The molecule has 0 unspecified atom stereocenters. The quantitative estimate of drug-likeness (QED) is 0.662. The molecule has 0 saturated carbocycles. The van der Waals surface area contributed by atoms with Crippen LogP contribution < -0.4 is 10.5 Å². The van der Waals surface area contributed by atoms with Crippen LogP contribution in [0.3, 0.4) is 0 Å². The molecule has 0 spiro atoms. The van der Waals surface area contributed by atoms with Crippen LogP contribution >= 0.6 is 27.5 Å². The topological polar surface area (TPSA) is 104 Å². The Morgan fingerprint density at radius 1 is 1.50 bits per heavy atom. The summed E-state index contributed by atoms with van der Waals surface area (Å²) in [6.45, 7) is 0. The number of nitrogen functional groups attached to an aromatic ring is 1. The lowest BCUT2D eigenvalue weighted by Crippen LogP contribution is -2.00. The van der Waals surface area contributed by atoms with Crippen molar-refractivity contribution in [3.05, 3.63) is 43.8 Å². The Morgan fingerprint density at radius 3 is 2.85 bits per heavy atom. The summed E-state index contributed by atoms with van der Waals surface area (Å²) in [4.78, 5) is 17.5. The molecular weight excluding hydrogens is 358 g/mol. The second-order valence-corrected chi connectivity index (χ2v) is 4.74. The molecule has 1 aromatic heterocycles. The van der Waals surface area contributed by atoms with Gasteiger partial charge in [-0.2, -0.15) is 4.98 Å².